The summed E-state index contributed by atoms with van der Waals surface area (Å²) in [6.45, 7) is 3.09. The molecule has 2 aromatic rings. The number of carbonyl (C=O) groups is 2. The van der Waals surface area contributed by atoms with Crippen molar-refractivity contribution in [2.75, 3.05) is 24.2 Å². The number of nitrogens with one attached hydrogen (secondary N) is 1. The molecule has 1 unspecified atom stereocenters. The van der Waals surface area contributed by atoms with Crippen molar-refractivity contribution < 1.29 is 27.0 Å². The molecular weight excluding hydrogens is 405 g/mol. The Balaban J connectivity index is 2.20. The number of hydrogen-bond donors (Lipinski definition) is 1. The Labute approximate surface area is 169 Å². The Morgan fingerprint density at radius 2 is 1.66 bits per heavy atom. The van der Waals surface area contributed by atoms with Gasteiger partial charge < -0.3 is 10.2 Å². The minimum atomic E-state index is -4.62. The average Bonchev–Trinajstić information content (AvgIpc) is 2.70. The lowest BCUT2D eigenvalue weighted by Crippen LogP contribution is -2.38. The lowest BCUT2D eigenvalue weighted by molar-refractivity contribution is -0.137. The summed E-state index contributed by atoms with van der Waals surface area (Å²) in [4.78, 5) is 26.8. The highest BCUT2D eigenvalue weighted by molar-refractivity contribution is 7.85. The molecule has 0 radical (unpaired) electrons. The van der Waals surface area contributed by atoms with E-state index in [2.05, 4.69) is 5.32 Å². The lowest BCUT2D eigenvalue weighted by atomic mass is 10.1. The maximum atomic E-state index is 13.1. The number of benzene rings is 2. The van der Waals surface area contributed by atoms with Crippen LogP contribution in [0.3, 0.4) is 0 Å². The number of para-hydroxylation sites is 1. The molecule has 0 heterocycles. The SMILES string of the molecule is CCN(CC(=O)Nc1ccccc1C(F)(F)F)C(=O)c1ccccc1S(=O)CC. The maximum Gasteiger partial charge on any atom is 0.418 e. The van der Waals surface area contributed by atoms with Gasteiger partial charge >= 0.3 is 6.18 Å². The van der Waals surface area contributed by atoms with Gasteiger partial charge in [-0.1, -0.05) is 31.2 Å². The second kappa shape index (κ2) is 9.69. The van der Waals surface area contributed by atoms with E-state index in [1.807, 2.05) is 0 Å². The molecule has 156 valence electrons. The summed E-state index contributed by atoms with van der Waals surface area (Å²) in [5.41, 5.74) is -1.13. The first-order valence-electron chi connectivity index (χ1n) is 8.91. The third kappa shape index (κ3) is 5.66. The van der Waals surface area contributed by atoms with Crippen molar-refractivity contribution in [2.45, 2.75) is 24.9 Å². The number of alkyl halides is 3. The van der Waals surface area contributed by atoms with Crippen LogP contribution in [0.5, 0.6) is 0 Å². The van der Waals surface area contributed by atoms with E-state index >= 15 is 0 Å². The van der Waals surface area contributed by atoms with E-state index in [4.69, 9.17) is 0 Å². The first-order valence-corrected chi connectivity index (χ1v) is 10.2. The minimum Gasteiger partial charge on any atom is -0.330 e. The highest BCUT2D eigenvalue weighted by atomic mass is 32.2. The van der Waals surface area contributed by atoms with Crippen molar-refractivity contribution in [1.82, 2.24) is 4.90 Å². The molecule has 5 nitrogen and oxygen atoms in total. The fourth-order valence-corrected chi connectivity index (χ4v) is 3.64. The van der Waals surface area contributed by atoms with Crippen molar-refractivity contribution in [1.29, 1.82) is 0 Å². The smallest absolute Gasteiger partial charge is 0.330 e. The molecule has 0 aliphatic carbocycles. The fraction of sp³-hybridized carbons (Fsp3) is 0.300. The monoisotopic (exact) mass is 426 g/mol. The number of hydrogen-bond acceptors (Lipinski definition) is 3. The number of rotatable bonds is 7. The molecule has 29 heavy (non-hydrogen) atoms. The van der Waals surface area contributed by atoms with Crippen molar-refractivity contribution in [3.63, 3.8) is 0 Å². The van der Waals surface area contributed by atoms with Crippen LogP contribution in [0.1, 0.15) is 29.8 Å². The van der Waals surface area contributed by atoms with Gasteiger partial charge in [-0.3, -0.25) is 13.8 Å². The Bertz CT molecular complexity index is 916. The Morgan fingerprint density at radius 3 is 2.28 bits per heavy atom. The largest absolute Gasteiger partial charge is 0.418 e. The summed E-state index contributed by atoms with van der Waals surface area (Å²) in [6, 6.07) is 11.0. The standard InChI is InChI=1S/C20H21F3N2O3S/c1-3-25(19(27)14-9-5-8-12-17(14)29(28)4-2)13-18(26)24-16-11-7-6-10-15(16)20(21,22)23/h5-12H,3-4,13H2,1-2H3,(H,24,26). The molecule has 9 heteroatoms. The van der Waals surface area contributed by atoms with Gasteiger partial charge in [-0.25, -0.2) is 0 Å². The van der Waals surface area contributed by atoms with Crippen LogP contribution in [0.25, 0.3) is 0 Å². The zero-order valence-electron chi connectivity index (χ0n) is 16.0. The molecule has 2 amide bonds. The zero-order valence-corrected chi connectivity index (χ0v) is 16.8. The zero-order chi connectivity index (χ0) is 21.6. The van der Waals surface area contributed by atoms with E-state index in [0.29, 0.717) is 10.6 Å². The summed E-state index contributed by atoms with van der Waals surface area (Å²) in [6.07, 6.45) is -4.62. The Kier molecular flexibility index (Phi) is 7.55. The van der Waals surface area contributed by atoms with Gasteiger partial charge in [-0.15, -0.1) is 0 Å². The third-order valence-corrected chi connectivity index (χ3v) is 5.51. The van der Waals surface area contributed by atoms with Crippen molar-refractivity contribution in [3.05, 3.63) is 59.7 Å². The molecule has 2 rings (SSSR count). The minimum absolute atomic E-state index is 0.153. The van der Waals surface area contributed by atoms with Gasteiger partial charge in [0.1, 0.15) is 6.54 Å². The summed E-state index contributed by atoms with van der Waals surface area (Å²) in [7, 11) is -1.37. The van der Waals surface area contributed by atoms with E-state index in [-0.39, 0.29) is 17.8 Å². The molecule has 0 aromatic heterocycles. The summed E-state index contributed by atoms with van der Waals surface area (Å²) < 4.78 is 51.5. The van der Waals surface area contributed by atoms with Gasteiger partial charge in [0.05, 0.1) is 32.5 Å². The molecule has 0 aliphatic heterocycles. The topological polar surface area (TPSA) is 66.5 Å². The first-order chi connectivity index (χ1) is 13.7. The predicted octanol–water partition coefficient (Wildman–Crippen LogP) is 3.93. The fourth-order valence-electron chi connectivity index (χ4n) is 2.70. The summed E-state index contributed by atoms with van der Waals surface area (Å²) in [5.74, 6) is -0.944. The molecule has 1 atom stereocenters. The van der Waals surface area contributed by atoms with E-state index < -0.39 is 40.9 Å². The van der Waals surface area contributed by atoms with Gasteiger partial charge in [-0.05, 0) is 31.2 Å². The normalized spacial score (nSPS) is 12.3. The van der Waals surface area contributed by atoms with Crippen LogP contribution in [-0.2, 0) is 21.8 Å². The highest BCUT2D eigenvalue weighted by Gasteiger charge is 2.33. The second-order valence-electron chi connectivity index (χ2n) is 6.04. The molecule has 0 aliphatic rings. The molecule has 0 fully saturated rings. The van der Waals surface area contributed by atoms with Crippen LogP contribution in [0.15, 0.2) is 53.4 Å². The quantitative estimate of drug-likeness (QED) is 0.730. The summed E-state index contributed by atoms with van der Waals surface area (Å²) >= 11 is 0. The molecule has 0 saturated heterocycles. The average molecular weight is 426 g/mol. The number of amides is 2. The van der Waals surface area contributed by atoms with E-state index in [0.717, 1.165) is 12.1 Å². The van der Waals surface area contributed by atoms with E-state index in [1.165, 1.54) is 23.1 Å². The molecule has 0 saturated carbocycles. The number of halogens is 3. The van der Waals surface area contributed by atoms with Gasteiger partial charge in [0, 0.05) is 12.3 Å². The Hall–Kier alpha value is -2.68. The molecule has 1 N–H and O–H groups in total. The Morgan fingerprint density at radius 1 is 1.03 bits per heavy atom. The van der Waals surface area contributed by atoms with Crippen molar-refractivity contribution >= 4 is 28.3 Å². The second-order valence-corrected chi connectivity index (χ2v) is 7.75. The predicted molar refractivity (Wildman–Crippen MR) is 105 cm³/mol. The number of nitrogens with zero attached hydrogens (tertiary/aromatic N) is 1. The first kappa shape index (κ1) is 22.6. The van der Waals surface area contributed by atoms with Crippen LogP contribution in [0, 0.1) is 0 Å². The lowest BCUT2D eigenvalue weighted by Gasteiger charge is -2.22. The third-order valence-electron chi connectivity index (χ3n) is 4.13. The van der Waals surface area contributed by atoms with E-state index in [1.54, 1.807) is 32.0 Å². The van der Waals surface area contributed by atoms with Gasteiger partial charge in [0.2, 0.25) is 5.91 Å². The molecule has 2 aromatic carbocycles. The molecule has 0 spiro atoms. The number of anilines is 1. The number of carbonyl (C=O) groups excluding carboxylic acids is 2. The van der Waals surface area contributed by atoms with Crippen LogP contribution in [-0.4, -0.2) is 39.8 Å². The van der Waals surface area contributed by atoms with Crippen LogP contribution >= 0.6 is 0 Å². The van der Waals surface area contributed by atoms with Gasteiger partial charge in [-0.2, -0.15) is 13.2 Å². The van der Waals surface area contributed by atoms with Crippen LogP contribution in [0.2, 0.25) is 0 Å². The van der Waals surface area contributed by atoms with Crippen molar-refractivity contribution in [2.24, 2.45) is 0 Å². The van der Waals surface area contributed by atoms with Gasteiger partial charge in [0.15, 0.2) is 0 Å². The highest BCUT2D eigenvalue weighted by Crippen LogP contribution is 2.34. The van der Waals surface area contributed by atoms with Crippen LogP contribution < -0.4 is 5.32 Å². The molecule has 0 bridgehead atoms. The van der Waals surface area contributed by atoms with Gasteiger partial charge in [0.25, 0.3) is 5.91 Å². The maximum absolute atomic E-state index is 13.1. The summed E-state index contributed by atoms with van der Waals surface area (Å²) in [5, 5.41) is 2.22. The van der Waals surface area contributed by atoms with Crippen molar-refractivity contribution in [3.8, 4) is 0 Å². The van der Waals surface area contributed by atoms with E-state index in [9.17, 15) is 27.0 Å². The van der Waals surface area contributed by atoms with Crippen LogP contribution in [0.4, 0.5) is 18.9 Å². The number of likely N-dealkylation sites (N-methyl/N-ethyl adjacent to an activating group) is 1. The molecular formula is C20H21F3N2O3S.